The van der Waals surface area contributed by atoms with Gasteiger partial charge in [-0.05, 0) is 67.5 Å². The van der Waals surface area contributed by atoms with Crippen LogP contribution in [0.1, 0.15) is 33.1 Å². The molecule has 5 heteroatoms. The van der Waals surface area contributed by atoms with Gasteiger partial charge in [-0.3, -0.25) is 4.79 Å². The molecule has 0 saturated heterocycles. The Bertz CT molecular complexity index is 255. The minimum absolute atomic E-state index is 0.229. The summed E-state index contributed by atoms with van der Waals surface area (Å²) in [6, 6.07) is 0.402. The largest absolute Gasteiger partial charge is 0.341 e. The molecule has 126 valence electrons. The molecule has 1 atom stereocenters. The van der Waals surface area contributed by atoms with Gasteiger partial charge >= 0.3 is 0 Å². The average molecular weight is 300 g/mol. The molecule has 5 nitrogen and oxygen atoms in total. The van der Waals surface area contributed by atoms with Crippen molar-refractivity contribution in [3.05, 3.63) is 0 Å². The van der Waals surface area contributed by atoms with Crippen LogP contribution in [0.4, 0.5) is 0 Å². The van der Waals surface area contributed by atoms with Crippen molar-refractivity contribution in [2.24, 2.45) is 0 Å². The van der Waals surface area contributed by atoms with Crippen LogP contribution >= 0.6 is 0 Å². The van der Waals surface area contributed by atoms with Crippen molar-refractivity contribution in [3.63, 3.8) is 0 Å². The van der Waals surface area contributed by atoms with Crippen LogP contribution in [0.15, 0.2) is 0 Å². The highest BCUT2D eigenvalue weighted by Crippen LogP contribution is 1.98. The molecule has 0 aliphatic rings. The summed E-state index contributed by atoms with van der Waals surface area (Å²) >= 11 is 0. The molecule has 21 heavy (non-hydrogen) atoms. The van der Waals surface area contributed by atoms with E-state index in [9.17, 15) is 4.79 Å². The van der Waals surface area contributed by atoms with Gasteiger partial charge in [-0.25, -0.2) is 0 Å². The second-order valence-electron chi connectivity index (χ2n) is 6.38. The van der Waals surface area contributed by atoms with Crippen molar-refractivity contribution in [1.29, 1.82) is 0 Å². The smallest absolute Gasteiger partial charge is 0.236 e. The van der Waals surface area contributed by atoms with Gasteiger partial charge in [0.2, 0.25) is 5.91 Å². The lowest BCUT2D eigenvalue weighted by Crippen LogP contribution is -2.42. The molecule has 0 spiro atoms. The minimum Gasteiger partial charge on any atom is -0.341 e. The van der Waals surface area contributed by atoms with E-state index >= 15 is 0 Å². The summed E-state index contributed by atoms with van der Waals surface area (Å²) in [5.74, 6) is 0.229. The molecule has 0 rings (SSSR count). The van der Waals surface area contributed by atoms with E-state index in [1.807, 2.05) is 4.90 Å². The van der Waals surface area contributed by atoms with Crippen LogP contribution in [-0.4, -0.2) is 87.6 Å². The molecule has 0 aromatic carbocycles. The molecular formula is C16H36N4O. The van der Waals surface area contributed by atoms with Gasteiger partial charge in [0.25, 0.3) is 0 Å². The van der Waals surface area contributed by atoms with Crippen molar-refractivity contribution in [3.8, 4) is 0 Å². The van der Waals surface area contributed by atoms with E-state index in [-0.39, 0.29) is 5.91 Å². The number of carbonyl (C=O) groups is 1. The Balaban J connectivity index is 4.23. The topological polar surface area (TPSA) is 38.8 Å². The summed E-state index contributed by atoms with van der Waals surface area (Å²) in [5.41, 5.74) is 0. The first-order valence-corrected chi connectivity index (χ1v) is 8.17. The zero-order valence-corrected chi connectivity index (χ0v) is 15.0. The zero-order valence-electron chi connectivity index (χ0n) is 15.0. The Morgan fingerprint density at radius 2 is 1.43 bits per heavy atom. The molecule has 1 N–H and O–H groups in total. The van der Waals surface area contributed by atoms with E-state index in [2.05, 4.69) is 57.2 Å². The fourth-order valence-electron chi connectivity index (χ4n) is 2.03. The van der Waals surface area contributed by atoms with Gasteiger partial charge in [0.05, 0.1) is 6.54 Å². The van der Waals surface area contributed by atoms with Crippen LogP contribution in [0.25, 0.3) is 0 Å². The quantitative estimate of drug-likeness (QED) is 0.586. The molecule has 1 amide bonds. The number of carbonyl (C=O) groups excluding carboxylic acids is 1. The number of hydrogen-bond acceptors (Lipinski definition) is 4. The Hall–Kier alpha value is -0.650. The van der Waals surface area contributed by atoms with Crippen molar-refractivity contribution < 1.29 is 4.79 Å². The van der Waals surface area contributed by atoms with E-state index in [1.54, 1.807) is 0 Å². The maximum Gasteiger partial charge on any atom is 0.236 e. The summed E-state index contributed by atoms with van der Waals surface area (Å²) in [7, 11) is 8.29. The second-order valence-corrected chi connectivity index (χ2v) is 6.38. The van der Waals surface area contributed by atoms with Crippen molar-refractivity contribution >= 4 is 5.91 Å². The Labute approximate surface area is 131 Å². The Kier molecular flexibility index (Phi) is 11.6. The monoisotopic (exact) mass is 300 g/mol. The fraction of sp³-hybridized carbons (Fsp3) is 0.938. The van der Waals surface area contributed by atoms with Gasteiger partial charge < -0.3 is 20.0 Å². The van der Waals surface area contributed by atoms with Crippen LogP contribution in [0, 0.1) is 0 Å². The Morgan fingerprint density at radius 3 is 1.81 bits per heavy atom. The lowest BCUT2D eigenvalue weighted by atomic mass is 10.2. The molecule has 0 saturated carbocycles. The lowest BCUT2D eigenvalue weighted by Gasteiger charge is -2.25. The van der Waals surface area contributed by atoms with Crippen molar-refractivity contribution in [1.82, 2.24) is 20.0 Å². The van der Waals surface area contributed by atoms with Gasteiger partial charge in [-0.15, -0.1) is 0 Å². The second kappa shape index (κ2) is 12.0. The maximum atomic E-state index is 12.4. The molecule has 0 heterocycles. The summed E-state index contributed by atoms with van der Waals surface area (Å²) in [6.45, 7) is 8.47. The first kappa shape index (κ1) is 20.3. The molecular weight excluding hydrogens is 264 g/mol. The average Bonchev–Trinajstić information content (AvgIpc) is 2.41. The molecule has 1 unspecified atom stereocenters. The molecule has 0 aromatic heterocycles. The van der Waals surface area contributed by atoms with Gasteiger partial charge in [0.1, 0.15) is 0 Å². The highest BCUT2D eigenvalue weighted by Gasteiger charge is 2.13. The van der Waals surface area contributed by atoms with Crippen molar-refractivity contribution in [2.75, 3.05) is 60.9 Å². The van der Waals surface area contributed by atoms with E-state index < -0.39 is 0 Å². The summed E-state index contributed by atoms with van der Waals surface area (Å²) < 4.78 is 0. The highest BCUT2D eigenvalue weighted by molar-refractivity contribution is 5.78. The SMILES string of the molecule is CCC(C)NCC(=O)N(CCCN(C)C)CCCN(C)C. The standard InChI is InChI=1S/C16H36N4O/c1-7-15(2)17-14-16(21)20(12-8-10-18(3)4)13-9-11-19(5)6/h15,17H,7-14H2,1-6H3. The van der Waals surface area contributed by atoms with Crippen LogP contribution in [0.5, 0.6) is 0 Å². The molecule has 0 aromatic rings. The first-order valence-electron chi connectivity index (χ1n) is 8.17. The maximum absolute atomic E-state index is 12.4. The third-order valence-corrected chi connectivity index (χ3v) is 3.63. The molecule has 0 aliphatic heterocycles. The highest BCUT2D eigenvalue weighted by atomic mass is 16.2. The zero-order chi connectivity index (χ0) is 16.3. The van der Waals surface area contributed by atoms with Crippen LogP contribution in [-0.2, 0) is 4.79 Å². The molecule has 0 radical (unpaired) electrons. The molecule has 0 fully saturated rings. The van der Waals surface area contributed by atoms with E-state index in [4.69, 9.17) is 0 Å². The Morgan fingerprint density at radius 1 is 0.952 bits per heavy atom. The minimum atomic E-state index is 0.229. The summed E-state index contributed by atoms with van der Waals surface area (Å²) in [5, 5.41) is 3.30. The van der Waals surface area contributed by atoms with Crippen LogP contribution in [0.3, 0.4) is 0 Å². The number of rotatable bonds is 12. The predicted molar refractivity (Wildman–Crippen MR) is 90.7 cm³/mol. The third kappa shape index (κ3) is 11.7. The number of amides is 1. The lowest BCUT2D eigenvalue weighted by molar-refractivity contribution is -0.130. The third-order valence-electron chi connectivity index (χ3n) is 3.63. The van der Waals surface area contributed by atoms with E-state index in [0.717, 1.165) is 45.4 Å². The van der Waals surface area contributed by atoms with E-state index in [0.29, 0.717) is 12.6 Å². The molecule has 0 bridgehead atoms. The number of nitrogens with one attached hydrogen (secondary N) is 1. The normalized spacial score (nSPS) is 13.0. The van der Waals surface area contributed by atoms with Crippen molar-refractivity contribution in [2.45, 2.75) is 39.2 Å². The summed E-state index contributed by atoms with van der Waals surface area (Å²) in [6.07, 6.45) is 3.11. The van der Waals surface area contributed by atoms with Crippen LogP contribution < -0.4 is 5.32 Å². The fourth-order valence-corrected chi connectivity index (χ4v) is 2.03. The number of nitrogens with zero attached hydrogens (tertiary/aromatic N) is 3. The summed E-state index contributed by atoms with van der Waals surface area (Å²) in [4.78, 5) is 18.7. The van der Waals surface area contributed by atoms with E-state index in [1.165, 1.54) is 0 Å². The number of hydrogen-bond donors (Lipinski definition) is 1. The van der Waals surface area contributed by atoms with Crippen LogP contribution in [0.2, 0.25) is 0 Å². The van der Waals surface area contributed by atoms with Gasteiger partial charge in [-0.2, -0.15) is 0 Å². The predicted octanol–water partition coefficient (Wildman–Crippen LogP) is 1.11. The molecule has 0 aliphatic carbocycles. The first-order chi connectivity index (χ1) is 9.86. The van der Waals surface area contributed by atoms with Gasteiger partial charge in [0.15, 0.2) is 0 Å². The van der Waals surface area contributed by atoms with Gasteiger partial charge in [0, 0.05) is 19.1 Å². The van der Waals surface area contributed by atoms with Gasteiger partial charge in [-0.1, -0.05) is 6.92 Å².